The van der Waals surface area contributed by atoms with Gasteiger partial charge < -0.3 is 9.88 Å². The molecule has 1 saturated carbocycles. The molecule has 2 aliphatic rings. The zero-order chi connectivity index (χ0) is 15.8. The van der Waals surface area contributed by atoms with Crippen molar-refractivity contribution in [2.24, 2.45) is 5.92 Å². The summed E-state index contributed by atoms with van der Waals surface area (Å²) in [6.45, 7) is 0.908. The zero-order valence-electron chi connectivity index (χ0n) is 13.1. The molecule has 2 heterocycles. The number of hydrogen-bond acceptors (Lipinski definition) is 3. The SMILES string of the molecule is O=C(CCc1nc2ccccc2[nH]c1=O)N1CC2CCCC1C2. The van der Waals surface area contributed by atoms with Gasteiger partial charge in [-0.3, -0.25) is 9.59 Å². The molecule has 23 heavy (non-hydrogen) atoms. The second-order valence-corrected chi connectivity index (χ2v) is 6.76. The van der Waals surface area contributed by atoms with Gasteiger partial charge in [-0.05, 0) is 37.3 Å². The molecule has 1 amide bonds. The van der Waals surface area contributed by atoms with Crippen LogP contribution in [-0.2, 0) is 11.2 Å². The van der Waals surface area contributed by atoms with E-state index >= 15 is 0 Å². The van der Waals surface area contributed by atoms with Gasteiger partial charge in [0.2, 0.25) is 5.91 Å². The molecule has 1 aliphatic carbocycles. The lowest BCUT2D eigenvalue weighted by molar-refractivity contribution is -0.132. The Bertz CT molecular complexity index is 798. The quantitative estimate of drug-likeness (QED) is 0.945. The zero-order valence-corrected chi connectivity index (χ0v) is 13.1. The van der Waals surface area contributed by atoms with Crippen LogP contribution in [0.15, 0.2) is 29.1 Å². The molecular formula is C18H21N3O2. The van der Waals surface area contributed by atoms with E-state index < -0.39 is 0 Å². The molecule has 4 rings (SSSR count). The highest BCUT2D eigenvalue weighted by atomic mass is 16.2. The first kappa shape index (κ1) is 14.4. The molecule has 1 aromatic heterocycles. The lowest BCUT2D eigenvalue weighted by Gasteiger charge is -2.24. The van der Waals surface area contributed by atoms with E-state index in [0.717, 1.165) is 24.0 Å². The number of para-hydroxylation sites is 2. The molecule has 1 aromatic carbocycles. The van der Waals surface area contributed by atoms with Crippen molar-refractivity contribution in [1.82, 2.24) is 14.9 Å². The Kier molecular flexibility index (Phi) is 3.63. The van der Waals surface area contributed by atoms with Crippen LogP contribution < -0.4 is 5.56 Å². The van der Waals surface area contributed by atoms with Gasteiger partial charge in [-0.15, -0.1) is 0 Å². The van der Waals surface area contributed by atoms with Gasteiger partial charge >= 0.3 is 0 Å². The standard InChI is InChI=1S/C18H21N3O2/c22-17(21-11-12-4-3-5-13(21)10-12)9-8-16-18(23)20-15-7-2-1-6-14(15)19-16/h1-2,6-7,12-13H,3-5,8-11H2,(H,20,23). The first-order valence-electron chi connectivity index (χ1n) is 8.48. The largest absolute Gasteiger partial charge is 0.339 e. The molecular weight excluding hydrogens is 290 g/mol. The van der Waals surface area contributed by atoms with E-state index in [1.165, 1.54) is 19.3 Å². The van der Waals surface area contributed by atoms with Crippen LogP contribution >= 0.6 is 0 Å². The number of nitrogens with one attached hydrogen (secondary N) is 1. The van der Waals surface area contributed by atoms with Crippen molar-refractivity contribution in [3.05, 3.63) is 40.3 Å². The van der Waals surface area contributed by atoms with Crippen molar-refractivity contribution in [2.75, 3.05) is 6.54 Å². The van der Waals surface area contributed by atoms with E-state index in [2.05, 4.69) is 9.97 Å². The third-order valence-corrected chi connectivity index (χ3v) is 5.22. The maximum Gasteiger partial charge on any atom is 0.270 e. The van der Waals surface area contributed by atoms with Gasteiger partial charge in [-0.25, -0.2) is 4.98 Å². The summed E-state index contributed by atoms with van der Waals surface area (Å²) in [5.74, 6) is 0.869. The summed E-state index contributed by atoms with van der Waals surface area (Å²) in [4.78, 5) is 33.9. The van der Waals surface area contributed by atoms with Crippen LogP contribution in [-0.4, -0.2) is 33.4 Å². The van der Waals surface area contributed by atoms with Gasteiger partial charge in [0.15, 0.2) is 0 Å². The monoisotopic (exact) mass is 311 g/mol. The summed E-state index contributed by atoms with van der Waals surface area (Å²) >= 11 is 0. The normalized spacial score (nSPS) is 23.4. The van der Waals surface area contributed by atoms with E-state index in [9.17, 15) is 9.59 Å². The number of aryl methyl sites for hydroxylation is 1. The van der Waals surface area contributed by atoms with E-state index in [-0.39, 0.29) is 11.5 Å². The highest BCUT2D eigenvalue weighted by molar-refractivity contribution is 5.77. The van der Waals surface area contributed by atoms with E-state index in [1.807, 2.05) is 29.2 Å². The van der Waals surface area contributed by atoms with Crippen LogP contribution in [0.4, 0.5) is 0 Å². The lowest BCUT2D eigenvalue weighted by atomic mass is 9.90. The molecule has 1 aliphatic heterocycles. The van der Waals surface area contributed by atoms with Gasteiger partial charge in [0.1, 0.15) is 5.69 Å². The molecule has 120 valence electrons. The minimum Gasteiger partial charge on any atom is -0.339 e. The van der Waals surface area contributed by atoms with E-state index in [0.29, 0.717) is 30.5 Å². The summed E-state index contributed by atoms with van der Waals surface area (Å²) in [6, 6.07) is 7.91. The maximum absolute atomic E-state index is 12.5. The van der Waals surface area contributed by atoms with Crippen LogP contribution in [0.2, 0.25) is 0 Å². The molecule has 0 radical (unpaired) electrons. The average Bonchev–Trinajstić information content (AvgIpc) is 2.86. The fourth-order valence-electron chi connectivity index (χ4n) is 4.05. The smallest absolute Gasteiger partial charge is 0.270 e. The van der Waals surface area contributed by atoms with E-state index in [1.54, 1.807) is 0 Å². The fraction of sp³-hybridized carbons (Fsp3) is 0.500. The van der Waals surface area contributed by atoms with Crippen molar-refractivity contribution in [1.29, 1.82) is 0 Å². The van der Waals surface area contributed by atoms with Gasteiger partial charge in [0, 0.05) is 25.4 Å². The number of carbonyl (C=O) groups is 1. The van der Waals surface area contributed by atoms with Gasteiger partial charge in [-0.1, -0.05) is 18.6 Å². The van der Waals surface area contributed by atoms with Crippen LogP contribution in [0.1, 0.15) is 37.8 Å². The second kappa shape index (κ2) is 5.80. The minimum atomic E-state index is -0.184. The lowest BCUT2D eigenvalue weighted by Crippen LogP contribution is -2.35. The Balaban J connectivity index is 1.47. The topological polar surface area (TPSA) is 66.1 Å². The molecule has 2 bridgehead atoms. The number of likely N-dealkylation sites (tertiary alicyclic amines) is 1. The number of benzene rings is 1. The van der Waals surface area contributed by atoms with Crippen molar-refractivity contribution in [3.63, 3.8) is 0 Å². The Morgan fingerprint density at radius 1 is 1.30 bits per heavy atom. The molecule has 5 nitrogen and oxygen atoms in total. The Labute approximate surface area is 134 Å². The molecule has 2 fully saturated rings. The van der Waals surface area contributed by atoms with Crippen molar-refractivity contribution < 1.29 is 4.79 Å². The van der Waals surface area contributed by atoms with Crippen molar-refractivity contribution in [3.8, 4) is 0 Å². The first-order valence-corrected chi connectivity index (χ1v) is 8.48. The number of hydrogen-bond donors (Lipinski definition) is 1. The van der Waals surface area contributed by atoms with Crippen molar-refractivity contribution >= 4 is 16.9 Å². The number of amides is 1. The van der Waals surface area contributed by atoms with Crippen LogP contribution in [0.5, 0.6) is 0 Å². The molecule has 1 saturated heterocycles. The number of rotatable bonds is 3. The highest BCUT2D eigenvalue weighted by Crippen LogP contribution is 2.35. The highest BCUT2D eigenvalue weighted by Gasteiger charge is 2.37. The van der Waals surface area contributed by atoms with Crippen LogP contribution in [0.25, 0.3) is 11.0 Å². The van der Waals surface area contributed by atoms with Crippen molar-refractivity contribution in [2.45, 2.75) is 44.6 Å². The number of aromatic nitrogens is 2. The molecule has 2 atom stereocenters. The maximum atomic E-state index is 12.5. The summed E-state index contributed by atoms with van der Waals surface area (Å²) in [6.07, 6.45) is 5.58. The first-order chi connectivity index (χ1) is 11.2. The fourth-order valence-corrected chi connectivity index (χ4v) is 4.05. The number of fused-ring (bicyclic) bond motifs is 3. The number of nitrogens with zero attached hydrogens (tertiary/aromatic N) is 2. The summed E-state index contributed by atoms with van der Waals surface area (Å²) in [5, 5.41) is 0. The second-order valence-electron chi connectivity index (χ2n) is 6.76. The predicted molar refractivity (Wildman–Crippen MR) is 88.1 cm³/mol. The van der Waals surface area contributed by atoms with Crippen LogP contribution in [0, 0.1) is 5.92 Å². The number of aromatic amines is 1. The summed E-state index contributed by atoms with van der Waals surface area (Å²) in [7, 11) is 0. The molecule has 2 unspecified atom stereocenters. The summed E-state index contributed by atoms with van der Waals surface area (Å²) < 4.78 is 0. The number of H-pyrrole nitrogens is 1. The predicted octanol–water partition coefficient (Wildman–Crippen LogP) is 2.26. The average molecular weight is 311 g/mol. The molecule has 5 heteroatoms. The molecule has 0 spiro atoms. The van der Waals surface area contributed by atoms with Gasteiger partial charge in [-0.2, -0.15) is 0 Å². The molecule has 2 aromatic rings. The van der Waals surface area contributed by atoms with E-state index in [4.69, 9.17) is 0 Å². The Hall–Kier alpha value is -2.17. The van der Waals surface area contributed by atoms with Gasteiger partial charge in [0.25, 0.3) is 5.56 Å². The molecule has 1 N–H and O–H groups in total. The Morgan fingerprint density at radius 2 is 2.17 bits per heavy atom. The third kappa shape index (κ3) is 2.76. The van der Waals surface area contributed by atoms with Crippen LogP contribution in [0.3, 0.4) is 0 Å². The minimum absolute atomic E-state index is 0.175. The third-order valence-electron chi connectivity index (χ3n) is 5.22. The number of carbonyl (C=O) groups excluding carboxylic acids is 1. The van der Waals surface area contributed by atoms with Gasteiger partial charge in [0.05, 0.1) is 11.0 Å². The Morgan fingerprint density at radius 3 is 3.04 bits per heavy atom. The summed E-state index contributed by atoms with van der Waals surface area (Å²) in [5.41, 5.74) is 1.78.